The minimum atomic E-state index is 0.0706. The predicted molar refractivity (Wildman–Crippen MR) is 109 cm³/mol. The number of nitrogens with zero attached hydrogens (tertiary/aromatic N) is 3. The first kappa shape index (κ1) is 19.2. The lowest BCUT2D eigenvalue weighted by molar-refractivity contribution is 0.0746. The number of ether oxygens (including phenoxy) is 1. The fourth-order valence-electron chi connectivity index (χ4n) is 3.27. The molecule has 2 aromatic rings. The number of hydrogen-bond donors (Lipinski definition) is 1. The Labute approximate surface area is 161 Å². The third-order valence-electron chi connectivity index (χ3n) is 4.77. The summed E-state index contributed by atoms with van der Waals surface area (Å²) >= 11 is 0. The number of aryl methyl sites for hydroxylation is 1. The molecule has 0 atom stereocenters. The van der Waals surface area contributed by atoms with Crippen molar-refractivity contribution in [1.82, 2.24) is 9.88 Å². The van der Waals surface area contributed by atoms with Crippen LogP contribution in [0, 0.1) is 6.92 Å². The topological polar surface area (TPSA) is 57.7 Å². The molecule has 144 valence electrons. The number of pyridine rings is 1. The van der Waals surface area contributed by atoms with Gasteiger partial charge in [-0.1, -0.05) is 12.1 Å². The molecule has 0 unspecified atom stereocenters. The summed E-state index contributed by atoms with van der Waals surface area (Å²) in [7, 11) is 1.69. The van der Waals surface area contributed by atoms with Gasteiger partial charge in [0.2, 0.25) is 0 Å². The number of nitrogens with one attached hydrogen (secondary N) is 1. The van der Waals surface area contributed by atoms with E-state index in [1.54, 1.807) is 19.4 Å². The van der Waals surface area contributed by atoms with Crippen molar-refractivity contribution in [3.63, 3.8) is 0 Å². The fourth-order valence-corrected chi connectivity index (χ4v) is 3.27. The normalized spacial score (nSPS) is 14.3. The molecule has 27 heavy (non-hydrogen) atoms. The molecule has 0 bridgehead atoms. The molecule has 0 saturated carbocycles. The third-order valence-corrected chi connectivity index (χ3v) is 4.77. The molecule has 1 saturated heterocycles. The van der Waals surface area contributed by atoms with Gasteiger partial charge in [-0.2, -0.15) is 0 Å². The molecule has 1 aromatic heterocycles. The van der Waals surface area contributed by atoms with Gasteiger partial charge in [0.15, 0.2) is 0 Å². The van der Waals surface area contributed by atoms with Crippen molar-refractivity contribution >= 4 is 17.4 Å². The number of anilines is 2. The van der Waals surface area contributed by atoms with Crippen LogP contribution in [0.5, 0.6) is 0 Å². The van der Waals surface area contributed by atoms with Gasteiger partial charge in [-0.15, -0.1) is 0 Å². The quantitative estimate of drug-likeness (QED) is 0.762. The van der Waals surface area contributed by atoms with E-state index in [1.165, 1.54) is 11.3 Å². The Morgan fingerprint density at radius 3 is 2.74 bits per heavy atom. The summed E-state index contributed by atoms with van der Waals surface area (Å²) in [4.78, 5) is 21.4. The zero-order valence-electron chi connectivity index (χ0n) is 16.1. The second-order valence-electron chi connectivity index (χ2n) is 6.82. The zero-order chi connectivity index (χ0) is 19.1. The smallest absolute Gasteiger partial charge is 0.254 e. The van der Waals surface area contributed by atoms with Crippen LogP contribution < -0.4 is 10.2 Å². The van der Waals surface area contributed by atoms with Crippen molar-refractivity contribution in [2.24, 2.45) is 0 Å². The molecule has 1 aromatic carbocycles. The van der Waals surface area contributed by atoms with Crippen molar-refractivity contribution in [3.8, 4) is 0 Å². The number of amides is 1. The van der Waals surface area contributed by atoms with E-state index in [0.717, 1.165) is 45.0 Å². The minimum absolute atomic E-state index is 0.0706. The van der Waals surface area contributed by atoms with Gasteiger partial charge in [-0.25, -0.2) is 4.98 Å². The number of aromatic nitrogens is 1. The molecular weight excluding hydrogens is 340 g/mol. The highest BCUT2D eigenvalue weighted by atomic mass is 16.5. The Morgan fingerprint density at radius 1 is 1.19 bits per heavy atom. The van der Waals surface area contributed by atoms with Gasteiger partial charge in [0, 0.05) is 63.9 Å². The van der Waals surface area contributed by atoms with Crippen LogP contribution in [0.15, 0.2) is 42.6 Å². The van der Waals surface area contributed by atoms with E-state index in [9.17, 15) is 4.79 Å². The number of methoxy groups -OCH3 is 1. The van der Waals surface area contributed by atoms with Crippen LogP contribution in [0.2, 0.25) is 0 Å². The second kappa shape index (κ2) is 9.37. The molecule has 1 amide bonds. The van der Waals surface area contributed by atoms with Crippen LogP contribution in [0.25, 0.3) is 0 Å². The van der Waals surface area contributed by atoms with E-state index in [0.29, 0.717) is 12.2 Å². The van der Waals surface area contributed by atoms with Crippen LogP contribution in [0.3, 0.4) is 0 Å². The molecule has 0 radical (unpaired) electrons. The van der Waals surface area contributed by atoms with Crippen molar-refractivity contribution in [1.29, 1.82) is 0 Å². The van der Waals surface area contributed by atoms with Crippen molar-refractivity contribution in [2.75, 3.05) is 56.7 Å². The Balaban J connectivity index is 1.56. The number of hydrogen-bond acceptors (Lipinski definition) is 5. The summed E-state index contributed by atoms with van der Waals surface area (Å²) in [5.41, 5.74) is 3.17. The average molecular weight is 368 g/mol. The Morgan fingerprint density at radius 2 is 2.00 bits per heavy atom. The Bertz CT molecular complexity index is 757. The largest absolute Gasteiger partial charge is 0.385 e. The van der Waals surface area contributed by atoms with E-state index >= 15 is 0 Å². The van der Waals surface area contributed by atoms with Crippen LogP contribution >= 0.6 is 0 Å². The highest BCUT2D eigenvalue weighted by molar-refractivity contribution is 5.95. The standard InChI is InChI=1S/C21H28N4O2/c1-17-5-3-6-19(15-17)24-10-12-25(13-11-24)21(26)18-7-9-23-20(16-18)22-8-4-14-27-2/h3,5-7,9,15-16H,4,8,10-14H2,1-2H3,(H,22,23). The minimum Gasteiger partial charge on any atom is -0.385 e. The summed E-state index contributed by atoms with van der Waals surface area (Å²) in [6.45, 7) is 6.74. The predicted octanol–water partition coefficient (Wildman–Crippen LogP) is 2.80. The van der Waals surface area contributed by atoms with E-state index in [-0.39, 0.29) is 5.91 Å². The van der Waals surface area contributed by atoms with Crippen molar-refractivity contribution in [3.05, 3.63) is 53.7 Å². The summed E-state index contributed by atoms with van der Waals surface area (Å²) in [5.74, 6) is 0.802. The first-order valence-electron chi connectivity index (χ1n) is 9.47. The van der Waals surface area contributed by atoms with E-state index in [2.05, 4.69) is 46.4 Å². The number of carbonyl (C=O) groups is 1. The van der Waals surface area contributed by atoms with E-state index in [1.807, 2.05) is 11.0 Å². The molecule has 6 heteroatoms. The first-order chi connectivity index (χ1) is 13.2. The molecule has 1 N–H and O–H groups in total. The number of rotatable bonds is 7. The molecule has 3 rings (SSSR count). The maximum Gasteiger partial charge on any atom is 0.254 e. The van der Waals surface area contributed by atoms with E-state index in [4.69, 9.17) is 4.74 Å². The molecule has 0 spiro atoms. The van der Waals surface area contributed by atoms with Gasteiger partial charge in [0.05, 0.1) is 0 Å². The van der Waals surface area contributed by atoms with Crippen LogP contribution in [-0.2, 0) is 4.74 Å². The van der Waals surface area contributed by atoms with Gasteiger partial charge in [0.25, 0.3) is 5.91 Å². The number of piperazine rings is 1. The zero-order valence-corrected chi connectivity index (χ0v) is 16.1. The van der Waals surface area contributed by atoms with Gasteiger partial charge in [-0.05, 0) is 43.2 Å². The van der Waals surface area contributed by atoms with Gasteiger partial charge in [-0.3, -0.25) is 4.79 Å². The molecule has 0 aliphatic carbocycles. The molecule has 1 aliphatic heterocycles. The number of carbonyl (C=O) groups excluding carboxylic acids is 1. The second-order valence-corrected chi connectivity index (χ2v) is 6.82. The Kier molecular flexibility index (Phi) is 6.65. The van der Waals surface area contributed by atoms with Gasteiger partial charge >= 0.3 is 0 Å². The average Bonchev–Trinajstić information content (AvgIpc) is 2.71. The van der Waals surface area contributed by atoms with Gasteiger partial charge < -0.3 is 19.9 Å². The molecular formula is C21H28N4O2. The van der Waals surface area contributed by atoms with Gasteiger partial charge in [0.1, 0.15) is 5.82 Å². The lowest BCUT2D eigenvalue weighted by Gasteiger charge is -2.36. The SMILES string of the molecule is COCCCNc1cc(C(=O)N2CCN(c3cccc(C)c3)CC2)ccn1. The molecule has 2 heterocycles. The highest BCUT2D eigenvalue weighted by Crippen LogP contribution is 2.19. The molecule has 1 fully saturated rings. The third kappa shape index (κ3) is 5.20. The van der Waals surface area contributed by atoms with Crippen LogP contribution in [-0.4, -0.2) is 62.2 Å². The summed E-state index contributed by atoms with van der Waals surface area (Å²) in [5, 5.41) is 3.24. The molecule has 1 aliphatic rings. The van der Waals surface area contributed by atoms with Crippen LogP contribution in [0.4, 0.5) is 11.5 Å². The maximum atomic E-state index is 12.9. The lowest BCUT2D eigenvalue weighted by atomic mass is 10.1. The maximum absolute atomic E-state index is 12.9. The Hall–Kier alpha value is -2.60. The van der Waals surface area contributed by atoms with Crippen molar-refractivity contribution in [2.45, 2.75) is 13.3 Å². The summed E-state index contributed by atoms with van der Waals surface area (Å²) in [6, 6.07) is 12.1. The highest BCUT2D eigenvalue weighted by Gasteiger charge is 2.22. The first-order valence-corrected chi connectivity index (χ1v) is 9.47. The van der Waals surface area contributed by atoms with Crippen molar-refractivity contribution < 1.29 is 9.53 Å². The van der Waals surface area contributed by atoms with E-state index < -0.39 is 0 Å². The monoisotopic (exact) mass is 368 g/mol. The molecule has 6 nitrogen and oxygen atoms in total. The lowest BCUT2D eigenvalue weighted by Crippen LogP contribution is -2.48. The van der Waals surface area contributed by atoms with Crippen LogP contribution in [0.1, 0.15) is 22.3 Å². The fraction of sp³-hybridized carbons (Fsp3) is 0.429. The summed E-state index contributed by atoms with van der Waals surface area (Å²) < 4.78 is 5.04. The number of benzene rings is 1. The summed E-state index contributed by atoms with van der Waals surface area (Å²) in [6.07, 6.45) is 2.59.